The zero-order valence-electron chi connectivity index (χ0n) is 6.22. The fourth-order valence-corrected chi connectivity index (χ4v) is 0.143. The molecule has 0 aromatic carbocycles. The van der Waals surface area contributed by atoms with Gasteiger partial charge in [-0.3, -0.25) is 0 Å². The van der Waals surface area contributed by atoms with Gasteiger partial charge in [0.1, 0.15) is 0 Å². The predicted molar refractivity (Wildman–Crippen MR) is 30.4 cm³/mol. The first kappa shape index (κ1) is 10.1. The molecule has 0 aliphatic rings. The SMILES string of the molecule is CC=CC(=O)O.[H-].[H-].[Mg+2]. The molecule has 0 amide bonds. The number of carboxylic acids is 1. The number of carbonyl (C=O) groups is 1. The van der Waals surface area contributed by atoms with Crippen molar-refractivity contribution in [2.45, 2.75) is 6.92 Å². The summed E-state index contributed by atoms with van der Waals surface area (Å²) in [6.45, 7) is 1.66. The van der Waals surface area contributed by atoms with Crippen molar-refractivity contribution in [3.05, 3.63) is 12.2 Å². The van der Waals surface area contributed by atoms with E-state index in [4.69, 9.17) is 5.11 Å². The van der Waals surface area contributed by atoms with Crippen molar-refractivity contribution < 1.29 is 12.8 Å². The first-order valence-electron chi connectivity index (χ1n) is 1.63. The standard InChI is InChI=1S/C4H6O2.Mg.2H/c1-2-3-4(5)6;;;/h2-3H,1H3,(H,5,6);;;/q;+2;2*-1. The summed E-state index contributed by atoms with van der Waals surface area (Å²) in [4.78, 5) is 9.51. The van der Waals surface area contributed by atoms with E-state index in [1.807, 2.05) is 0 Å². The molecule has 1 N–H and O–H groups in total. The first-order chi connectivity index (χ1) is 2.77. The van der Waals surface area contributed by atoms with Crippen LogP contribution in [-0.4, -0.2) is 34.1 Å². The summed E-state index contributed by atoms with van der Waals surface area (Å²) in [6, 6.07) is 0. The molecule has 0 radical (unpaired) electrons. The maximum absolute atomic E-state index is 9.51. The van der Waals surface area contributed by atoms with E-state index in [2.05, 4.69) is 0 Å². The normalized spacial score (nSPS) is 8.14. The molecular weight excluding hydrogens is 104 g/mol. The van der Waals surface area contributed by atoms with Crippen molar-refractivity contribution >= 4 is 29.0 Å². The summed E-state index contributed by atoms with van der Waals surface area (Å²) in [7, 11) is 0. The van der Waals surface area contributed by atoms with Crippen molar-refractivity contribution in [2.24, 2.45) is 0 Å². The fourth-order valence-electron chi connectivity index (χ4n) is 0.143. The van der Waals surface area contributed by atoms with E-state index in [-0.39, 0.29) is 25.9 Å². The molecule has 0 aromatic rings. The molecule has 3 heteroatoms. The molecule has 0 rings (SSSR count). The largest absolute Gasteiger partial charge is 2.00 e. The smallest absolute Gasteiger partial charge is 1.00 e. The summed E-state index contributed by atoms with van der Waals surface area (Å²) in [5, 5.41) is 7.83. The maximum atomic E-state index is 9.51. The third-order valence-electron chi connectivity index (χ3n) is 0.309. The molecular formula is C4H8MgO2. The van der Waals surface area contributed by atoms with Gasteiger partial charge in [-0.25, -0.2) is 4.79 Å². The topological polar surface area (TPSA) is 37.3 Å². The van der Waals surface area contributed by atoms with Crippen molar-refractivity contribution in [1.29, 1.82) is 0 Å². The molecule has 2 nitrogen and oxygen atoms in total. The van der Waals surface area contributed by atoms with Crippen LogP contribution in [0.2, 0.25) is 0 Å². The number of hydrogen-bond donors (Lipinski definition) is 1. The number of hydrogen-bond acceptors (Lipinski definition) is 1. The minimum Gasteiger partial charge on any atom is -1.00 e. The Kier molecular flexibility index (Phi) is 8.59. The molecule has 0 unspecified atom stereocenters. The van der Waals surface area contributed by atoms with Crippen LogP contribution < -0.4 is 0 Å². The summed E-state index contributed by atoms with van der Waals surface area (Å²) in [5.74, 6) is -0.891. The van der Waals surface area contributed by atoms with Gasteiger partial charge in [0, 0.05) is 6.08 Å². The van der Waals surface area contributed by atoms with Gasteiger partial charge in [0.25, 0.3) is 0 Å². The van der Waals surface area contributed by atoms with Crippen LogP contribution in [0, 0.1) is 0 Å². The van der Waals surface area contributed by atoms with Crippen molar-refractivity contribution in [3.63, 3.8) is 0 Å². The molecule has 0 aliphatic heterocycles. The molecule has 0 spiro atoms. The summed E-state index contributed by atoms with van der Waals surface area (Å²) in [5.41, 5.74) is 0. The van der Waals surface area contributed by atoms with Crippen LogP contribution in [0.5, 0.6) is 0 Å². The first-order valence-corrected chi connectivity index (χ1v) is 1.63. The van der Waals surface area contributed by atoms with E-state index in [0.29, 0.717) is 0 Å². The summed E-state index contributed by atoms with van der Waals surface area (Å²) >= 11 is 0. The average Bonchev–Trinajstić information content (AvgIpc) is 1.35. The Morgan fingerprint density at radius 3 is 2.29 bits per heavy atom. The van der Waals surface area contributed by atoms with Crippen LogP contribution >= 0.6 is 0 Å². The molecule has 0 saturated heterocycles. The second-order valence-corrected chi connectivity index (χ2v) is 0.838. The van der Waals surface area contributed by atoms with Crippen LogP contribution in [0.1, 0.15) is 9.78 Å². The average molecular weight is 112 g/mol. The predicted octanol–water partition coefficient (Wildman–Crippen LogP) is 0.491. The van der Waals surface area contributed by atoms with Crippen LogP contribution in [0.3, 0.4) is 0 Å². The third kappa shape index (κ3) is 10.7. The van der Waals surface area contributed by atoms with Crippen LogP contribution in [-0.2, 0) is 4.79 Å². The van der Waals surface area contributed by atoms with Gasteiger partial charge in [0.05, 0.1) is 0 Å². The number of carboxylic acid groups (broad SMARTS) is 1. The van der Waals surface area contributed by atoms with Crippen LogP contribution in [0.4, 0.5) is 0 Å². The van der Waals surface area contributed by atoms with Crippen LogP contribution in [0.25, 0.3) is 0 Å². The van der Waals surface area contributed by atoms with Gasteiger partial charge < -0.3 is 7.96 Å². The van der Waals surface area contributed by atoms with Gasteiger partial charge in [-0.1, -0.05) is 6.08 Å². The Hall–Kier alpha value is -0.0238. The van der Waals surface area contributed by atoms with E-state index < -0.39 is 5.97 Å². The van der Waals surface area contributed by atoms with Gasteiger partial charge in [0.15, 0.2) is 0 Å². The zero-order chi connectivity index (χ0) is 4.99. The molecule has 38 valence electrons. The molecule has 0 heterocycles. The van der Waals surface area contributed by atoms with E-state index >= 15 is 0 Å². The maximum Gasteiger partial charge on any atom is 2.00 e. The zero-order valence-corrected chi connectivity index (χ0v) is 5.63. The molecule has 0 aromatic heterocycles. The van der Waals surface area contributed by atoms with Gasteiger partial charge in [-0.15, -0.1) is 0 Å². The minimum atomic E-state index is -0.891. The number of allylic oxidation sites excluding steroid dienone is 1. The van der Waals surface area contributed by atoms with Gasteiger partial charge >= 0.3 is 29.0 Å². The van der Waals surface area contributed by atoms with Crippen LogP contribution in [0.15, 0.2) is 12.2 Å². The Bertz CT molecular complexity index is 84.6. The molecule has 0 bridgehead atoms. The van der Waals surface area contributed by atoms with E-state index in [9.17, 15) is 4.79 Å². The minimum absolute atomic E-state index is 0. The van der Waals surface area contributed by atoms with E-state index in [0.717, 1.165) is 6.08 Å². The number of rotatable bonds is 1. The molecule has 7 heavy (non-hydrogen) atoms. The fraction of sp³-hybridized carbons (Fsp3) is 0.250. The molecule has 0 aliphatic carbocycles. The van der Waals surface area contributed by atoms with Crippen molar-refractivity contribution in [3.8, 4) is 0 Å². The molecule has 0 atom stereocenters. The Labute approximate surface area is 61.3 Å². The Morgan fingerprint density at radius 2 is 2.29 bits per heavy atom. The summed E-state index contributed by atoms with van der Waals surface area (Å²) in [6.07, 6.45) is 2.56. The van der Waals surface area contributed by atoms with Crippen molar-refractivity contribution in [1.82, 2.24) is 0 Å². The quantitative estimate of drug-likeness (QED) is 0.396. The number of aliphatic carboxylic acids is 1. The Morgan fingerprint density at radius 1 is 1.86 bits per heavy atom. The van der Waals surface area contributed by atoms with Gasteiger partial charge in [0.2, 0.25) is 0 Å². The molecule has 0 fully saturated rings. The van der Waals surface area contributed by atoms with Gasteiger partial charge in [-0.05, 0) is 6.92 Å². The second kappa shape index (κ2) is 5.98. The summed E-state index contributed by atoms with van der Waals surface area (Å²) < 4.78 is 0. The van der Waals surface area contributed by atoms with Gasteiger partial charge in [-0.2, -0.15) is 0 Å². The molecule has 0 saturated carbocycles. The van der Waals surface area contributed by atoms with E-state index in [1.54, 1.807) is 6.92 Å². The van der Waals surface area contributed by atoms with Crippen molar-refractivity contribution in [2.75, 3.05) is 0 Å². The van der Waals surface area contributed by atoms with E-state index in [1.165, 1.54) is 6.08 Å². The monoisotopic (exact) mass is 112 g/mol. The second-order valence-electron chi connectivity index (χ2n) is 0.838. The Balaban J connectivity index is -0.0000000417. The third-order valence-corrected chi connectivity index (χ3v) is 0.309.